The van der Waals surface area contributed by atoms with Gasteiger partial charge in [-0.25, -0.2) is 4.98 Å². The van der Waals surface area contributed by atoms with Gasteiger partial charge in [-0.3, -0.25) is 15.5 Å². The Bertz CT molecular complexity index is 999. The summed E-state index contributed by atoms with van der Waals surface area (Å²) < 4.78 is 10.6. The van der Waals surface area contributed by atoms with Crippen LogP contribution < -0.4 is 14.9 Å². The zero-order valence-corrected chi connectivity index (χ0v) is 17.1. The molecule has 0 unspecified atom stereocenters. The zero-order valence-electron chi connectivity index (χ0n) is 15.5. The SMILES string of the molecule is CCOc1c(OC)cc(/C=N\Nc2nc(-c3cccs3)c(C)s2)cc1[N+](=O)[O-]. The average molecular weight is 419 g/mol. The summed E-state index contributed by atoms with van der Waals surface area (Å²) in [6.07, 6.45) is 1.48. The second kappa shape index (κ2) is 8.81. The molecule has 0 aliphatic carbocycles. The van der Waals surface area contributed by atoms with Crippen molar-refractivity contribution in [3.63, 3.8) is 0 Å². The van der Waals surface area contributed by atoms with E-state index in [0.29, 0.717) is 17.3 Å². The number of nitrogens with one attached hydrogen (secondary N) is 1. The summed E-state index contributed by atoms with van der Waals surface area (Å²) in [6, 6.07) is 7.03. The largest absolute Gasteiger partial charge is 0.493 e. The lowest BCUT2D eigenvalue weighted by atomic mass is 10.2. The molecule has 0 saturated carbocycles. The van der Waals surface area contributed by atoms with Crippen molar-refractivity contribution >= 4 is 39.7 Å². The van der Waals surface area contributed by atoms with Crippen LogP contribution in [0.1, 0.15) is 17.4 Å². The number of aromatic nitrogens is 1. The topological polar surface area (TPSA) is 98.9 Å². The number of ether oxygens (including phenoxy) is 2. The quantitative estimate of drug-likeness (QED) is 0.316. The summed E-state index contributed by atoms with van der Waals surface area (Å²) >= 11 is 3.12. The number of hydrogen-bond donors (Lipinski definition) is 1. The van der Waals surface area contributed by atoms with E-state index in [1.54, 1.807) is 24.3 Å². The molecule has 2 heterocycles. The average Bonchev–Trinajstić information content (AvgIpc) is 3.32. The van der Waals surface area contributed by atoms with Gasteiger partial charge in [0.1, 0.15) is 0 Å². The van der Waals surface area contributed by atoms with Crippen LogP contribution >= 0.6 is 22.7 Å². The Hall–Kier alpha value is -2.98. The van der Waals surface area contributed by atoms with Crippen LogP contribution in [0.2, 0.25) is 0 Å². The number of nitrogens with zero attached hydrogens (tertiary/aromatic N) is 3. The first-order chi connectivity index (χ1) is 13.5. The molecular formula is C18H18N4O4S2. The number of nitro benzene ring substituents is 1. The Labute approximate surface area is 169 Å². The highest BCUT2D eigenvalue weighted by Crippen LogP contribution is 2.38. The van der Waals surface area contributed by atoms with Crippen LogP contribution in [0.25, 0.3) is 10.6 Å². The maximum absolute atomic E-state index is 11.4. The third-order valence-corrected chi connectivity index (χ3v) is 5.44. The maximum atomic E-state index is 11.4. The van der Waals surface area contributed by atoms with E-state index in [1.807, 2.05) is 24.4 Å². The van der Waals surface area contributed by atoms with E-state index >= 15 is 0 Å². The molecule has 10 heteroatoms. The molecule has 0 aliphatic heterocycles. The van der Waals surface area contributed by atoms with Crippen LogP contribution in [0.4, 0.5) is 10.8 Å². The molecule has 146 valence electrons. The van der Waals surface area contributed by atoms with Gasteiger partial charge in [0.2, 0.25) is 10.9 Å². The Morgan fingerprint density at radius 2 is 2.25 bits per heavy atom. The number of hydrogen-bond acceptors (Lipinski definition) is 9. The Morgan fingerprint density at radius 1 is 1.43 bits per heavy atom. The number of rotatable bonds is 8. The van der Waals surface area contributed by atoms with E-state index in [2.05, 4.69) is 15.5 Å². The Balaban J connectivity index is 1.82. The molecule has 0 aliphatic rings. The number of nitro groups is 1. The van der Waals surface area contributed by atoms with Crippen molar-refractivity contribution in [1.82, 2.24) is 4.98 Å². The van der Waals surface area contributed by atoms with Crippen LogP contribution in [0, 0.1) is 17.0 Å². The van der Waals surface area contributed by atoms with Gasteiger partial charge in [0.15, 0.2) is 5.75 Å². The monoisotopic (exact) mass is 418 g/mol. The van der Waals surface area contributed by atoms with E-state index in [4.69, 9.17) is 9.47 Å². The molecule has 0 atom stereocenters. The first kappa shape index (κ1) is 19.8. The molecule has 0 bridgehead atoms. The van der Waals surface area contributed by atoms with E-state index in [0.717, 1.165) is 15.4 Å². The van der Waals surface area contributed by atoms with Gasteiger partial charge < -0.3 is 9.47 Å². The summed E-state index contributed by atoms with van der Waals surface area (Å²) in [5, 5.41) is 18.2. The van der Waals surface area contributed by atoms with E-state index < -0.39 is 4.92 Å². The van der Waals surface area contributed by atoms with Crippen molar-refractivity contribution in [3.05, 3.63) is 50.2 Å². The fourth-order valence-electron chi connectivity index (χ4n) is 2.51. The summed E-state index contributed by atoms with van der Waals surface area (Å²) in [4.78, 5) is 17.6. The Kier molecular flexibility index (Phi) is 6.22. The third-order valence-electron chi connectivity index (χ3n) is 3.69. The molecule has 0 radical (unpaired) electrons. The molecule has 8 nitrogen and oxygen atoms in total. The second-order valence-corrected chi connectivity index (χ2v) is 7.68. The molecule has 0 fully saturated rings. The number of thiophene rings is 1. The number of aryl methyl sites for hydroxylation is 1. The first-order valence-corrected chi connectivity index (χ1v) is 10.0. The summed E-state index contributed by atoms with van der Waals surface area (Å²) in [5.74, 6) is 0.388. The number of thiazole rings is 1. The predicted molar refractivity (Wildman–Crippen MR) is 112 cm³/mol. The van der Waals surface area contributed by atoms with E-state index in [1.165, 1.54) is 30.7 Å². The molecule has 1 N–H and O–H groups in total. The van der Waals surface area contributed by atoms with Gasteiger partial charge in [-0.1, -0.05) is 6.07 Å². The molecule has 0 amide bonds. The van der Waals surface area contributed by atoms with Gasteiger partial charge in [0.25, 0.3) is 0 Å². The third kappa shape index (κ3) is 4.29. The molecule has 1 aromatic carbocycles. The number of benzene rings is 1. The van der Waals surface area contributed by atoms with Crippen LogP contribution in [0.5, 0.6) is 11.5 Å². The van der Waals surface area contributed by atoms with Crippen LogP contribution in [0.15, 0.2) is 34.7 Å². The van der Waals surface area contributed by atoms with Gasteiger partial charge in [-0.2, -0.15) is 5.10 Å². The zero-order chi connectivity index (χ0) is 20.1. The highest BCUT2D eigenvalue weighted by molar-refractivity contribution is 7.17. The lowest BCUT2D eigenvalue weighted by molar-refractivity contribution is -0.385. The first-order valence-electron chi connectivity index (χ1n) is 8.33. The number of anilines is 1. The van der Waals surface area contributed by atoms with E-state index in [-0.39, 0.29) is 17.2 Å². The molecule has 3 aromatic rings. The van der Waals surface area contributed by atoms with Crippen molar-refractivity contribution in [2.24, 2.45) is 5.10 Å². The van der Waals surface area contributed by atoms with Gasteiger partial charge in [0, 0.05) is 16.5 Å². The summed E-state index contributed by atoms with van der Waals surface area (Å²) in [6.45, 7) is 4.05. The fourth-order valence-corrected chi connectivity index (χ4v) is 4.12. The minimum atomic E-state index is -0.504. The predicted octanol–water partition coefficient (Wildman–Crippen LogP) is 4.94. The fraction of sp³-hybridized carbons (Fsp3) is 0.222. The van der Waals surface area contributed by atoms with Crippen molar-refractivity contribution in [2.45, 2.75) is 13.8 Å². The minimum absolute atomic E-state index is 0.108. The lowest BCUT2D eigenvalue weighted by Gasteiger charge is -2.10. The standard InChI is InChI=1S/C18H18N4O4S2/c1-4-26-17-13(22(23)24)8-12(9-14(17)25-3)10-19-21-18-20-16(11(2)28-18)15-6-5-7-27-15/h5-10H,4H2,1-3H3,(H,20,21)/b19-10-. The highest BCUT2D eigenvalue weighted by atomic mass is 32.1. The maximum Gasteiger partial charge on any atom is 0.315 e. The number of hydrazone groups is 1. The molecular weight excluding hydrogens is 400 g/mol. The number of methoxy groups -OCH3 is 1. The summed E-state index contributed by atoms with van der Waals surface area (Å²) in [7, 11) is 1.44. The molecule has 0 saturated heterocycles. The summed E-state index contributed by atoms with van der Waals surface area (Å²) in [5.41, 5.74) is 4.14. The van der Waals surface area contributed by atoms with Gasteiger partial charge in [-0.05, 0) is 31.4 Å². The van der Waals surface area contributed by atoms with Crippen LogP contribution in [-0.2, 0) is 0 Å². The van der Waals surface area contributed by atoms with Gasteiger partial charge >= 0.3 is 5.69 Å². The van der Waals surface area contributed by atoms with E-state index in [9.17, 15) is 10.1 Å². The van der Waals surface area contributed by atoms with Crippen molar-refractivity contribution in [3.8, 4) is 22.1 Å². The van der Waals surface area contributed by atoms with Crippen LogP contribution in [0.3, 0.4) is 0 Å². The second-order valence-electron chi connectivity index (χ2n) is 5.53. The molecule has 0 spiro atoms. The van der Waals surface area contributed by atoms with Crippen LogP contribution in [-0.4, -0.2) is 29.8 Å². The lowest BCUT2D eigenvalue weighted by Crippen LogP contribution is -2.02. The molecule has 3 rings (SSSR count). The molecule has 28 heavy (non-hydrogen) atoms. The van der Waals surface area contributed by atoms with Crippen molar-refractivity contribution in [2.75, 3.05) is 19.1 Å². The highest BCUT2D eigenvalue weighted by Gasteiger charge is 2.21. The van der Waals surface area contributed by atoms with Gasteiger partial charge in [-0.15, -0.1) is 22.7 Å². The molecule has 2 aromatic heterocycles. The Morgan fingerprint density at radius 3 is 2.89 bits per heavy atom. The van der Waals surface area contributed by atoms with Gasteiger partial charge in [0.05, 0.1) is 35.4 Å². The minimum Gasteiger partial charge on any atom is -0.493 e. The van der Waals surface area contributed by atoms with Crippen molar-refractivity contribution < 1.29 is 14.4 Å². The smallest absolute Gasteiger partial charge is 0.315 e. The normalized spacial score (nSPS) is 11.0. The van der Waals surface area contributed by atoms with Crippen molar-refractivity contribution in [1.29, 1.82) is 0 Å².